The number of anilines is 1. The molecule has 3 amide bonds. The normalized spacial score (nSPS) is 22.9. The van der Waals surface area contributed by atoms with Crippen molar-refractivity contribution in [2.45, 2.75) is 50.0 Å². The molecule has 1 aromatic heterocycles. The lowest BCUT2D eigenvalue weighted by Gasteiger charge is -2.38. The number of carbonyl (C=O) groups is 3. The predicted molar refractivity (Wildman–Crippen MR) is 165 cm³/mol. The van der Waals surface area contributed by atoms with E-state index in [0.717, 1.165) is 18.6 Å². The fourth-order valence-electron chi connectivity index (χ4n) is 6.98. The summed E-state index contributed by atoms with van der Waals surface area (Å²) in [6.45, 7) is 1.79. The van der Waals surface area contributed by atoms with E-state index in [2.05, 4.69) is 11.4 Å². The van der Waals surface area contributed by atoms with Crippen LogP contribution in [-0.4, -0.2) is 57.1 Å². The maximum Gasteiger partial charge on any atom is 0.416 e. The minimum atomic E-state index is -4.71. The summed E-state index contributed by atoms with van der Waals surface area (Å²) in [5, 5.41) is 17.3. The number of nitriles is 1. The van der Waals surface area contributed by atoms with E-state index in [1.54, 1.807) is 37.3 Å². The van der Waals surface area contributed by atoms with Gasteiger partial charge in [0.1, 0.15) is 23.7 Å². The van der Waals surface area contributed by atoms with E-state index in [9.17, 15) is 37.2 Å². The van der Waals surface area contributed by atoms with Crippen molar-refractivity contribution in [2.75, 3.05) is 11.4 Å². The highest BCUT2D eigenvalue weighted by Gasteiger charge is 2.56. The van der Waals surface area contributed by atoms with E-state index in [4.69, 9.17) is 5.10 Å². The Morgan fingerprint density at radius 3 is 2.42 bits per heavy atom. The van der Waals surface area contributed by atoms with Gasteiger partial charge in [-0.25, -0.2) is 9.07 Å². The minimum absolute atomic E-state index is 0.0414. The summed E-state index contributed by atoms with van der Waals surface area (Å²) in [4.78, 5) is 45.4. The molecule has 3 aliphatic rings. The highest BCUT2D eigenvalue weighted by molar-refractivity contribution is 6.08. The Morgan fingerprint density at radius 2 is 1.75 bits per heavy atom. The van der Waals surface area contributed by atoms with E-state index >= 15 is 0 Å². The number of fused-ring (bicyclic) bond motifs is 2. The topological polar surface area (TPSA) is 111 Å². The number of piperidine rings is 1. The minimum Gasteiger partial charge on any atom is -0.339 e. The molecule has 1 saturated heterocycles. The molecule has 3 heterocycles. The molecule has 0 radical (unpaired) electrons. The van der Waals surface area contributed by atoms with Crippen molar-refractivity contribution in [1.29, 1.82) is 5.26 Å². The third-order valence-corrected chi connectivity index (χ3v) is 9.30. The molecule has 7 rings (SSSR count). The molecule has 2 aliphatic heterocycles. The molecule has 13 heteroatoms. The molecular formula is C35H28F4N6O3. The average Bonchev–Trinajstić information content (AvgIpc) is 3.58. The summed E-state index contributed by atoms with van der Waals surface area (Å²) in [6, 6.07) is 17.9. The van der Waals surface area contributed by atoms with Crippen LogP contribution < -0.4 is 10.2 Å². The van der Waals surface area contributed by atoms with Crippen LogP contribution in [0.25, 0.3) is 5.69 Å². The van der Waals surface area contributed by atoms with E-state index in [-0.39, 0.29) is 41.1 Å². The van der Waals surface area contributed by atoms with Crippen LogP contribution >= 0.6 is 0 Å². The SMILES string of the molecule is CCN1C(=O)[C@@H](NC(=O)c2cccc(C(F)(F)F)c2)[C@@H](c2ccc(F)cc2)c2c(C(=O)N3[C@H](C#N)C[C@H]4C[C@H]43)nn(-c3ccccc3)c21. The second kappa shape index (κ2) is 11.6. The molecule has 0 bridgehead atoms. The van der Waals surface area contributed by atoms with Crippen LogP contribution in [0, 0.1) is 23.1 Å². The summed E-state index contributed by atoms with van der Waals surface area (Å²) < 4.78 is 56.3. The number of hydrogen-bond acceptors (Lipinski definition) is 5. The molecule has 1 N–H and O–H groups in total. The number of nitrogens with zero attached hydrogens (tertiary/aromatic N) is 5. The zero-order valence-corrected chi connectivity index (χ0v) is 25.5. The maximum atomic E-state index is 14.5. The van der Waals surface area contributed by atoms with Gasteiger partial charge in [0.25, 0.3) is 17.7 Å². The molecule has 1 saturated carbocycles. The Labute approximate surface area is 272 Å². The highest BCUT2D eigenvalue weighted by Crippen LogP contribution is 2.50. The monoisotopic (exact) mass is 656 g/mol. The number of nitrogens with one attached hydrogen (secondary N) is 1. The van der Waals surface area contributed by atoms with Crippen molar-refractivity contribution in [3.8, 4) is 11.8 Å². The third kappa shape index (κ3) is 5.17. The van der Waals surface area contributed by atoms with Crippen molar-refractivity contribution in [1.82, 2.24) is 20.0 Å². The average molecular weight is 657 g/mol. The Morgan fingerprint density at radius 1 is 1.02 bits per heavy atom. The van der Waals surface area contributed by atoms with Crippen molar-refractivity contribution in [3.05, 3.63) is 113 Å². The molecule has 2 fully saturated rings. The number of para-hydroxylation sites is 1. The number of hydrogen-bond donors (Lipinski definition) is 1. The quantitative estimate of drug-likeness (QED) is 0.278. The van der Waals surface area contributed by atoms with Crippen molar-refractivity contribution in [3.63, 3.8) is 0 Å². The zero-order chi connectivity index (χ0) is 33.9. The van der Waals surface area contributed by atoms with Crippen LogP contribution in [0.3, 0.4) is 0 Å². The predicted octanol–water partition coefficient (Wildman–Crippen LogP) is 5.45. The molecule has 3 aromatic carbocycles. The fraction of sp³-hybridized carbons (Fsp3) is 0.286. The second-order valence-corrected chi connectivity index (χ2v) is 12.1. The van der Waals surface area contributed by atoms with Gasteiger partial charge < -0.3 is 10.2 Å². The Kier molecular flexibility index (Phi) is 7.53. The van der Waals surface area contributed by atoms with Gasteiger partial charge in [-0.05, 0) is 73.7 Å². The van der Waals surface area contributed by atoms with Crippen LogP contribution in [0.2, 0.25) is 0 Å². The first-order chi connectivity index (χ1) is 23.0. The molecule has 0 unspecified atom stereocenters. The lowest BCUT2D eigenvalue weighted by atomic mass is 9.80. The number of aromatic nitrogens is 2. The first kappa shape index (κ1) is 31.1. The number of benzene rings is 3. The summed E-state index contributed by atoms with van der Waals surface area (Å²) >= 11 is 0. The molecule has 244 valence electrons. The molecule has 9 nitrogen and oxygen atoms in total. The molecule has 1 aliphatic carbocycles. The number of alkyl halides is 3. The largest absolute Gasteiger partial charge is 0.416 e. The standard InChI is InChI=1S/C35H28F4N6O3/c1-2-43-32-28(30(42-45(32)24-9-4-3-5-10-24)34(48)44-25(18-40)16-21-17-26(21)44)27(19-11-13-23(36)14-12-19)29(33(43)47)41-31(46)20-7-6-8-22(15-20)35(37,38)39/h3-15,21,25-27,29H,2,16-17H2,1H3,(H,41,46)/t21-,25-,26+,27-,29-/m0/s1. The van der Waals surface area contributed by atoms with Crippen LogP contribution in [0.5, 0.6) is 0 Å². The summed E-state index contributed by atoms with van der Waals surface area (Å²) in [7, 11) is 0. The van der Waals surface area contributed by atoms with Gasteiger partial charge in [-0.3, -0.25) is 19.3 Å². The number of halogens is 4. The van der Waals surface area contributed by atoms with Crippen LogP contribution in [0.4, 0.5) is 23.4 Å². The third-order valence-electron chi connectivity index (χ3n) is 9.30. The van der Waals surface area contributed by atoms with Gasteiger partial charge in [-0.2, -0.15) is 23.5 Å². The van der Waals surface area contributed by atoms with Gasteiger partial charge in [-0.1, -0.05) is 36.4 Å². The molecule has 0 spiro atoms. The first-order valence-electron chi connectivity index (χ1n) is 15.5. The van der Waals surface area contributed by atoms with Crippen LogP contribution in [-0.2, 0) is 11.0 Å². The smallest absolute Gasteiger partial charge is 0.339 e. The van der Waals surface area contributed by atoms with Gasteiger partial charge in [0.05, 0.1) is 17.3 Å². The van der Waals surface area contributed by atoms with E-state index in [1.165, 1.54) is 44.8 Å². The summed E-state index contributed by atoms with van der Waals surface area (Å²) in [6.07, 6.45) is -3.42. The van der Waals surface area contributed by atoms with Crippen molar-refractivity contribution >= 4 is 23.5 Å². The maximum absolute atomic E-state index is 14.5. The number of likely N-dealkylation sites (tertiary alicyclic amines) is 1. The van der Waals surface area contributed by atoms with Gasteiger partial charge in [0, 0.05) is 29.6 Å². The number of rotatable bonds is 6. The first-order valence-corrected chi connectivity index (χ1v) is 15.5. The van der Waals surface area contributed by atoms with E-state index < -0.39 is 53.3 Å². The summed E-state index contributed by atoms with van der Waals surface area (Å²) in [5.41, 5.74) is -0.237. The lowest BCUT2D eigenvalue weighted by Crippen LogP contribution is -2.55. The van der Waals surface area contributed by atoms with Gasteiger partial charge >= 0.3 is 6.18 Å². The van der Waals surface area contributed by atoms with E-state index in [1.807, 2.05) is 0 Å². The highest BCUT2D eigenvalue weighted by atomic mass is 19.4. The molecule has 48 heavy (non-hydrogen) atoms. The van der Waals surface area contributed by atoms with Crippen LogP contribution in [0.1, 0.15) is 63.2 Å². The van der Waals surface area contributed by atoms with Gasteiger partial charge in [-0.15, -0.1) is 0 Å². The number of carbonyl (C=O) groups excluding carboxylic acids is 3. The van der Waals surface area contributed by atoms with Crippen molar-refractivity contribution < 1.29 is 31.9 Å². The second-order valence-electron chi connectivity index (χ2n) is 12.1. The van der Waals surface area contributed by atoms with Crippen molar-refractivity contribution in [2.24, 2.45) is 5.92 Å². The lowest BCUT2D eigenvalue weighted by molar-refractivity contribution is -0.137. The Balaban J connectivity index is 1.43. The number of likely N-dealkylation sites (N-methyl/N-ethyl adjacent to an activating group) is 1. The van der Waals surface area contributed by atoms with Gasteiger partial charge in [0.15, 0.2) is 5.69 Å². The Hall–Kier alpha value is -5.51. The molecule has 4 aromatic rings. The molecular weight excluding hydrogens is 628 g/mol. The Bertz CT molecular complexity index is 1970. The van der Waals surface area contributed by atoms with Gasteiger partial charge in [0.2, 0.25) is 0 Å². The van der Waals surface area contributed by atoms with Crippen LogP contribution in [0.15, 0.2) is 78.9 Å². The number of amides is 3. The molecule has 5 atom stereocenters. The zero-order valence-electron chi connectivity index (χ0n) is 25.5. The van der Waals surface area contributed by atoms with E-state index in [0.29, 0.717) is 23.7 Å². The summed E-state index contributed by atoms with van der Waals surface area (Å²) in [5.74, 6) is -3.28. The fourth-order valence-corrected chi connectivity index (χ4v) is 6.98.